The van der Waals surface area contributed by atoms with Crippen LogP contribution in [0, 0.1) is 0 Å². The van der Waals surface area contributed by atoms with Crippen molar-refractivity contribution in [1.82, 2.24) is 4.90 Å². The second-order valence-corrected chi connectivity index (χ2v) is 4.89. The number of imide groups is 1. The Balaban J connectivity index is 2.45. The van der Waals surface area contributed by atoms with Crippen molar-refractivity contribution in [1.29, 1.82) is 0 Å². The average molecular weight is 243 g/mol. The lowest BCUT2D eigenvalue weighted by atomic mass is 10.2. The van der Waals surface area contributed by atoms with Gasteiger partial charge in [-0.25, -0.2) is 0 Å². The van der Waals surface area contributed by atoms with Crippen LogP contribution in [0.15, 0.2) is 0 Å². The minimum absolute atomic E-state index is 0.121. The molecule has 2 amide bonds. The molecule has 1 aliphatic heterocycles. The maximum atomic E-state index is 11.7. The van der Waals surface area contributed by atoms with Crippen LogP contribution in [-0.4, -0.2) is 40.5 Å². The van der Waals surface area contributed by atoms with Crippen molar-refractivity contribution in [2.45, 2.75) is 37.9 Å². The first-order valence-corrected chi connectivity index (χ1v) is 6.77. The van der Waals surface area contributed by atoms with E-state index >= 15 is 0 Å². The minimum Gasteiger partial charge on any atom is -0.300 e. The number of likely N-dealkylation sites (tertiary alicyclic amines) is 1. The van der Waals surface area contributed by atoms with E-state index in [-0.39, 0.29) is 35.8 Å². The fraction of sp³-hybridized carbons (Fsp3) is 0.727. The fourth-order valence-corrected chi connectivity index (χ4v) is 2.35. The molecule has 1 heterocycles. The van der Waals surface area contributed by atoms with E-state index in [0.29, 0.717) is 12.8 Å². The molecule has 16 heavy (non-hydrogen) atoms. The quantitative estimate of drug-likeness (QED) is 0.659. The molecule has 0 aromatic carbocycles. The zero-order valence-electron chi connectivity index (χ0n) is 9.69. The summed E-state index contributed by atoms with van der Waals surface area (Å²) in [5.74, 6) is -0.161. The summed E-state index contributed by atoms with van der Waals surface area (Å²) in [5, 5.41) is -0.242. The van der Waals surface area contributed by atoms with Crippen LogP contribution in [0.5, 0.6) is 0 Å². The van der Waals surface area contributed by atoms with Crippen LogP contribution in [0.25, 0.3) is 0 Å². The van der Waals surface area contributed by atoms with Gasteiger partial charge >= 0.3 is 0 Å². The van der Waals surface area contributed by atoms with Crippen LogP contribution >= 0.6 is 11.8 Å². The molecule has 0 aromatic rings. The van der Waals surface area contributed by atoms with Gasteiger partial charge in [-0.1, -0.05) is 6.92 Å². The first-order chi connectivity index (χ1) is 7.60. The summed E-state index contributed by atoms with van der Waals surface area (Å²) in [6.07, 6.45) is 3.74. The average Bonchev–Trinajstić information content (AvgIpc) is 2.52. The summed E-state index contributed by atoms with van der Waals surface area (Å²) in [6, 6.07) is 0. The lowest BCUT2D eigenvalue weighted by Gasteiger charge is -2.13. The van der Waals surface area contributed by atoms with Crippen LogP contribution < -0.4 is 0 Å². The number of ketones is 1. The molecule has 0 aliphatic carbocycles. The highest BCUT2D eigenvalue weighted by atomic mass is 32.2. The predicted molar refractivity (Wildman–Crippen MR) is 63.2 cm³/mol. The molecule has 1 rings (SSSR count). The van der Waals surface area contributed by atoms with E-state index in [1.54, 1.807) is 0 Å². The Morgan fingerprint density at radius 1 is 1.44 bits per heavy atom. The Hall–Kier alpha value is -0.840. The molecule has 0 saturated carbocycles. The van der Waals surface area contributed by atoms with E-state index in [9.17, 15) is 14.4 Å². The van der Waals surface area contributed by atoms with Gasteiger partial charge in [-0.05, 0) is 12.7 Å². The summed E-state index contributed by atoms with van der Waals surface area (Å²) in [7, 11) is 0. The van der Waals surface area contributed by atoms with E-state index in [0.717, 1.165) is 6.42 Å². The van der Waals surface area contributed by atoms with Gasteiger partial charge in [-0.3, -0.25) is 19.3 Å². The molecule has 0 bridgehead atoms. The fourth-order valence-electron chi connectivity index (χ4n) is 1.71. The van der Waals surface area contributed by atoms with Crippen LogP contribution in [-0.2, 0) is 14.4 Å². The predicted octanol–water partition coefficient (Wildman–Crippen LogP) is 1.24. The first kappa shape index (κ1) is 13.2. The van der Waals surface area contributed by atoms with Gasteiger partial charge < -0.3 is 0 Å². The van der Waals surface area contributed by atoms with Gasteiger partial charge in [0.15, 0.2) is 0 Å². The molecule has 0 N–H and O–H groups in total. The minimum atomic E-state index is -0.242. The summed E-state index contributed by atoms with van der Waals surface area (Å²) in [4.78, 5) is 35.7. The number of carbonyl (C=O) groups excluding carboxylic acids is 3. The van der Waals surface area contributed by atoms with E-state index < -0.39 is 0 Å². The second kappa shape index (κ2) is 6.03. The number of amides is 2. The van der Waals surface area contributed by atoms with Crippen molar-refractivity contribution in [3.63, 3.8) is 0 Å². The van der Waals surface area contributed by atoms with Gasteiger partial charge in [-0.2, -0.15) is 11.8 Å². The summed E-state index contributed by atoms with van der Waals surface area (Å²) in [5.41, 5.74) is 0. The molecule has 1 atom stereocenters. The molecule has 0 spiro atoms. The van der Waals surface area contributed by atoms with Gasteiger partial charge in [0.1, 0.15) is 5.78 Å². The molecule has 90 valence electrons. The zero-order chi connectivity index (χ0) is 12.1. The van der Waals surface area contributed by atoms with E-state index in [1.165, 1.54) is 16.7 Å². The van der Waals surface area contributed by atoms with Gasteiger partial charge in [0.05, 0.1) is 5.25 Å². The van der Waals surface area contributed by atoms with E-state index in [2.05, 4.69) is 0 Å². The molecule has 1 saturated heterocycles. The lowest BCUT2D eigenvalue weighted by Crippen LogP contribution is -2.33. The van der Waals surface area contributed by atoms with Crippen LogP contribution in [0.1, 0.15) is 32.6 Å². The van der Waals surface area contributed by atoms with E-state index in [1.807, 2.05) is 13.2 Å². The Morgan fingerprint density at radius 3 is 2.62 bits per heavy atom. The molecule has 0 aromatic heterocycles. The Labute approximate surface area is 99.8 Å². The summed E-state index contributed by atoms with van der Waals surface area (Å²) < 4.78 is 0. The van der Waals surface area contributed by atoms with Gasteiger partial charge in [0.25, 0.3) is 0 Å². The molecule has 0 radical (unpaired) electrons. The number of thioether (sulfide) groups is 1. The maximum Gasteiger partial charge on any atom is 0.242 e. The highest BCUT2D eigenvalue weighted by molar-refractivity contribution is 8.00. The summed E-state index contributed by atoms with van der Waals surface area (Å²) >= 11 is 1.40. The number of rotatable bonds is 6. The number of carbonyl (C=O) groups is 3. The number of Topliss-reactive ketones (excluding diaryl/α,β-unsaturated/α-hetero) is 1. The van der Waals surface area contributed by atoms with Crippen LogP contribution in [0.2, 0.25) is 0 Å². The Kier molecular flexibility index (Phi) is 4.99. The third-order valence-corrected chi connectivity index (χ3v) is 3.57. The monoisotopic (exact) mass is 243 g/mol. The van der Waals surface area contributed by atoms with Gasteiger partial charge in [0.2, 0.25) is 11.8 Å². The molecule has 4 nitrogen and oxygen atoms in total. The lowest BCUT2D eigenvalue weighted by molar-refractivity contribution is -0.138. The molecule has 1 unspecified atom stereocenters. The van der Waals surface area contributed by atoms with Crippen LogP contribution in [0.4, 0.5) is 0 Å². The SMILES string of the molecule is CCCC(=O)CCN1C(=O)CC(SC)C1=O. The van der Waals surface area contributed by atoms with Crippen molar-refractivity contribution in [3.8, 4) is 0 Å². The van der Waals surface area contributed by atoms with Crippen molar-refractivity contribution in [2.75, 3.05) is 12.8 Å². The summed E-state index contributed by atoms with van der Waals surface area (Å²) in [6.45, 7) is 2.20. The van der Waals surface area contributed by atoms with E-state index in [4.69, 9.17) is 0 Å². The number of hydrogen-bond acceptors (Lipinski definition) is 4. The third kappa shape index (κ3) is 3.07. The molecular weight excluding hydrogens is 226 g/mol. The smallest absolute Gasteiger partial charge is 0.242 e. The van der Waals surface area contributed by atoms with Crippen molar-refractivity contribution < 1.29 is 14.4 Å². The Morgan fingerprint density at radius 2 is 2.12 bits per heavy atom. The second-order valence-electron chi connectivity index (χ2n) is 3.85. The van der Waals surface area contributed by atoms with Crippen molar-refractivity contribution in [2.24, 2.45) is 0 Å². The zero-order valence-corrected chi connectivity index (χ0v) is 10.5. The van der Waals surface area contributed by atoms with Crippen LogP contribution in [0.3, 0.4) is 0 Å². The molecule has 1 fully saturated rings. The normalized spacial score (nSPS) is 20.6. The molecule has 1 aliphatic rings. The molecular formula is C11H17NO3S. The maximum absolute atomic E-state index is 11.7. The first-order valence-electron chi connectivity index (χ1n) is 5.48. The number of hydrogen-bond donors (Lipinski definition) is 0. The Bertz CT molecular complexity index is 304. The molecule has 5 heteroatoms. The number of nitrogens with zero attached hydrogens (tertiary/aromatic N) is 1. The van der Waals surface area contributed by atoms with Gasteiger partial charge in [0, 0.05) is 25.8 Å². The van der Waals surface area contributed by atoms with Crippen molar-refractivity contribution in [3.05, 3.63) is 0 Å². The van der Waals surface area contributed by atoms with Gasteiger partial charge in [-0.15, -0.1) is 0 Å². The standard InChI is InChI=1S/C11H17NO3S/c1-3-4-8(13)5-6-12-10(14)7-9(16-2)11(12)15/h9H,3-7H2,1-2H3. The highest BCUT2D eigenvalue weighted by Crippen LogP contribution is 2.23. The topological polar surface area (TPSA) is 54.5 Å². The third-order valence-electron chi connectivity index (χ3n) is 2.63. The van der Waals surface area contributed by atoms with Crippen molar-refractivity contribution >= 4 is 29.4 Å². The highest BCUT2D eigenvalue weighted by Gasteiger charge is 2.37. The largest absolute Gasteiger partial charge is 0.300 e.